The first-order valence-electron chi connectivity index (χ1n) is 11.9. The summed E-state index contributed by atoms with van der Waals surface area (Å²) in [6, 6.07) is 6.95. The summed E-state index contributed by atoms with van der Waals surface area (Å²) < 4.78 is 27.9. The molecular formula is C26H25Cl2N5O3S. The van der Waals surface area contributed by atoms with Gasteiger partial charge in [-0.05, 0) is 43.5 Å². The first-order chi connectivity index (χ1) is 17.6. The van der Waals surface area contributed by atoms with Gasteiger partial charge in [-0.1, -0.05) is 41.4 Å². The van der Waals surface area contributed by atoms with E-state index in [4.69, 9.17) is 39.2 Å². The van der Waals surface area contributed by atoms with Crippen molar-refractivity contribution in [2.24, 2.45) is 11.7 Å². The molecule has 3 heterocycles. The van der Waals surface area contributed by atoms with Crippen LogP contribution >= 0.6 is 23.2 Å². The van der Waals surface area contributed by atoms with Crippen molar-refractivity contribution in [3.05, 3.63) is 73.9 Å². The molecule has 1 aromatic heterocycles. The Labute approximate surface area is 226 Å². The second-order valence-electron chi connectivity index (χ2n) is 9.38. The van der Waals surface area contributed by atoms with Gasteiger partial charge < -0.3 is 10.6 Å². The lowest BCUT2D eigenvalue weighted by Crippen LogP contribution is -2.39. The highest BCUT2D eigenvalue weighted by atomic mass is 35.5. The van der Waals surface area contributed by atoms with Gasteiger partial charge >= 0.3 is 0 Å². The van der Waals surface area contributed by atoms with Crippen molar-refractivity contribution in [2.75, 3.05) is 13.1 Å². The fourth-order valence-corrected chi connectivity index (χ4v) is 7.35. The Morgan fingerprint density at radius 1 is 1.27 bits per heavy atom. The van der Waals surface area contributed by atoms with Gasteiger partial charge in [0.15, 0.2) is 0 Å². The average Bonchev–Trinajstić information content (AvgIpc) is 3.49. The summed E-state index contributed by atoms with van der Waals surface area (Å²) in [4.78, 5) is 20.4. The molecule has 1 fully saturated rings. The number of amides is 1. The molecule has 1 amide bonds. The third-order valence-corrected chi connectivity index (χ3v) is 9.67. The van der Waals surface area contributed by atoms with E-state index in [2.05, 4.69) is 6.07 Å². The number of sulfonamides is 1. The molecule has 192 valence electrons. The zero-order chi connectivity index (χ0) is 26.5. The van der Waals surface area contributed by atoms with Gasteiger partial charge in [-0.2, -0.15) is 9.57 Å². The number of carbonyl (C=O) groups is 1. The monoisotopic (exact) mass is 557 g/mol. The first-order valence-corrected chi connectivity index (χ1v) is 14.1. The van der Waals surface area contributed by atoms with Gasteiger partial charge in [-0.15, -0.1) is 0 Å². The molecule has 2 aromatic rings. The number of nitrogens with zero attached hydrogens (tertiary/aromatic N) is 4. The van der Waals surface area contributed by atoms with Crippen LogP contribution in [0.5, 0.6) is 0 Å². The molecule has 3 aliphatic rings. The minimum absolute atomic E-state index is 0.179. The minimum atomic E-state index is -3.72. The average molecular weight is 558 g/mol. The Balaban J connectivity index is 1.45. The maximum atomic E-state index is 13.8. The van der Waals surface area contributed by atoms with Gasteiger partial charge in [0.2, 0.25) is 10.0 Å². The number of pyridine rings is 1. The number of nitrogens with two attached hydrogens (primary N) is 1. The summed E-state index contributed by atoms with van der Waals surface area (Å²) in [6.07, 6.45) is 5.59. The van der Waals surface area contributed by atoms with Crippen LogP contribution in [0, 0.1) is 24.2 Å². The van der Waals surface area contributed by atoms with E-state index in [9.17, 15) is 13.2 Å². The van der Waals surface area contributed by atoms with E-state index >= 15 is 0 Å². The molecule has 2 aliphatic heterocycles. The zero-order valence-corrected chi connectivity index (χ0v) is 22.4. The SMILES string of the molecule is Cc1nc2c(c(-c3ccc(Cl)cc3Cl)c1CN)C(=O)N([C@H]1CCN(S(=O)(=O)C3=CCC(C#N)C=C3)C1)C2. The predicted molar refractivity (Wildman–Crippen MR) is 142 cm³/mol. The van der Waals surface area contributed by atoms with Crippen LogP contribution in [-0.2, 0) is 23.1 Å². The predicted octanol–water partition coefficient (Wildman–Crippen LogP) is 4.17. The minimum Gasteiger partial charge on any atom is -0.328 e. The normalized spacial score (nSPS) is 21.8. The summed E-state index contributed by atoms with van der Waals surface area (Å²) in [7, 11) is -3.72. The number of rotatable bonds is 5. The lowest BCUT2D eigenvalue weighted by atomic mass is 9.93. The molecule has 8 nitrogen and oxygen atoms in total. The van der Waals surface area contributed by atoms with Crippen LogP contribution in [0.3, 0.4) is 0 Å². The molecule has 0 radical (unpaired) electrons. The van der Waals surface area contributed by atoms with Crippen molar-refractivity contribution < 1.29 is 13.2 Å². The summed E-state index contributed by atoms with van der Waals surface area (Å²) in [6.45, 7) is 2.81. The van der Waals surface area contributed by atoms with E-state index in [0.717, 1.165) is 11.3 Å². The largest absolute Gasteiger partial charge is 0.328 e. The third-order valence-electron chi connectivity index (χ3n) is 7.22. The van der Waals surface area contributed by atoms with Crippen molar-refractivity contribution in [3.63, 3.8) is 0 Å². The van der Waals surface area contributed by atoms with Crippen LogP contribution < -0.4 is 5.73 Å². The number of aromatic nitrogens is 1. The fourth-order valence-electron chi connectivity index (χ4n) is 5.28. The summed E-state index contributed by atoms with van der Waals surface area (Å²) in [5.74, 6) is -0.528. The van der Waals surface area contributed by atoms with Crippen LogP contribution in [0.25, 0.3) is 11.1 Å². The lowest BCUT2D eigenvalue weighted by Gasteiger charge is -2.24. The second kappa shape index (κ2) is 9.86. The molecule has 2 atom stereocenters. The first kappa shape index (κ1) is 25.9. The molecule has 1 aliphatic carbocycles. The number of hydrogen-bond donors (Lipinski definition) is 1. The van der Waals surface area contributed by atoms with Gasteiger partial charge in [0, 0.05) is 52.5 Å². The van der Waals surface area contributed by atoms with Gasteiger partial charge in [0.25, 0.3) is 5.91 Å². The Bertz CT molecular complexity index is 1510. The van der Waals surface area contributed by atoms with Gasteiger partial charge in [0.1, 0.15) is 0 Å². The number of carbonyl (C=O) groups excluding carboxylic acids is 1. The molecular weight excluding hydrogens is 533 g/mol. The van der Waals surface area contributed by atoms with Crippen molar-refractivity contribution in [3.8, 4) is 17.2 Å². The topological polar surface area (TPSA) is 120 Å². The summed E-state index contributed by atoms with van der Waals surface area (Å²) in [5.41, 5.74) is 9.94. The van der Waals surface area contributed by atoms with Gasteiger partial charge in [-0.3, -0.25) is 9.78 Å². The third kappa shape index (κ3) is 4.47. The maximum absolute atomic E-state index is 13.8. The van der Waals surface area contributed by atoms with E-state index < -0.39 is 10.0 Å². The van der Waals surface area contributed by atoms with E-state index in [1.165, 1.54) is 10.4 Å². The highest BCUT2D eigenvalue weighted by molar-refractivity contribution is 7.93. The number of allylic oxidation sites excluding steroid dienone is 3. The number of benzene rings is 1. The maximum Gasteiger partial charge on any atom is 0.257 e. The van der Waals surface area contributed by atoms with E-state index in [-0.39, 0.29) is 42.4 Å². The number of hydrogen-bond acceptors (Lipinski definition) is 6. The molecule has 5 rings (SSSR count). The number of fused-ring (bicyclic) bond motifs is 1. The van der Waals surface area contributed by atoms with Crippen LogP contribution in [0.1, 0.15) is 40.2 Å². The highest BCUT2D eigenvalue weighted by Gasteiger charge is 2.42. The van der Waals surface area contributed by atoms with Gasteiger partial charge in [-0.25, -0.2) is 8.42 Å². The van der Waals surface area contributed by atoms with E-state index in [1.54, 1.807) is 35.3 Å². The van der Waals surface area contributed by atoms with Crippen molar-refractivity contribution in [2.45, 2.75) is 38.9 Å². The Hall–Kier alpha value is -2.74. The molecule has 1 aromatic carbocycles. The molecule has 0 bridgehead atoms. The van der Waals surface area contributed by atoms with Crippen molar-refractivity contribution >= 4 is 39.1 Å². The number of aryl methyl sites for hydroxylation is 1. The summed E-state index contributed by atoms with van der Waals surface area (Å²) in [5, 5.41) is 9.96. The van der Waals surface area contributed by atoms with E-state index in [1.807, 2.05) is 6.92 Å². The van der Waals surface area contributed by atoms with Crippen LogP contribution in [0.4, 0.5) is 0 Å². The smallest absolute Gasteiger partial charge is 0.257 e. The molecule has 1 saturated heterocycles. The van der Waals surface area contributed by atoms with Crippen LogP contribution in [0.2, 0.25) is 10.0 Å². The molecule has 1 unspecified atom stereocenters. The zero-order valence-electron chi connectivity index (χ0n) is 20.1. The van der Waals surface area contributed by atoms with Gasteiger partial charge in [0.05, 0.1) is 34.7 Å². The van der Waals surface area contributed by atoms with E-state index in [0.29, 0.717) is 51.8 Å². The fraction of sp³-hybridized carbons (Fsp3) is 0.346. The highest BCUT2D eigenvalue weighted by Crippen LogP contribution is 2.41. The van der Waals surface area contributed by atoms with Crippen LogP contribution in [0.15, 0.2) is 41.3 Å². The molecule has 37 heavy (non-hydrogen) atoms. The molecule has 2 N–H and O–H groups in total. The standard InChI is InChI=1S/C26H25Cl2N5O3S/c1-15-21(12-30)24(20-7-4-17(27)10-22(20)28)25-23(31-15)14-33(26(25)34)18-8-9-32(13-18)37(35,36)19-5-2-16(11-29)3-6-19/h2,4-7,10,16,18H,3,8-9,12-14,30H2,1H3/t16?,18-/m0/s1. The molecule has 0 saturated carbocycles. The Morgan fingerprint density at radius 3 is 2.70 bits per heavy atom. The molecule has 0 spiro atoms. The number of halogens is 2. The second-order valence-corrected chi connectivity index (χ2v) is 12.2. The Kier molecular flexibility index (Phi) is 6.90. The number of nitriles is 1. The lowest BCUT2D eigenvalue weighted by molar-refractivity contribution is 0.0713. The van der Waals surface area contributed by atoms with Crippen molar-refractivity contribution in [1.29, 1.82) is 5.26 Å². The summed E-state index contributed by atoms with van der Waals surface area (Å²) >= 11 is 12.7. The van der Waals surface area contributed by atoms with Crippen molar-refractivity contribution in [1.82, 2.24) is 14.2 Å². The van der Waals surface area contributed by atoms with Crippen LogP contribution in [-0.4, -0.2) is 47.6 Å². The molecule has 11 heteroatoms. The quantitative estimate of drug-likeness (QED) is 0.589. The Morgan fingerprint density at radius 2 is 2.05 bits per heavy atom.